The minimum absolute atomic E-state index is 0.292. The van der Waals surface area contributed by atoms with Gasteiger partial charge in [-0.05, 0) is 36.1 Å². The zero-order valence-corrected chi connectivity index (χ0v) is 13.4. The van der Waals surface area contributed by atoms with Crippen molar-refractivity contribution in [1.82, 2.24) is 9.97 Å². The third-order valence-electron chi connectivity index (χ3n) is 3.59. The maximum absolute atomic E-state index is 5.42. The molecule has 23 heavy (non-hydrogen) atoms. The number of ether oxygens (including phenoxy) is 2. The van der Waals surface area contributed by atoms with Gasteiger partial charge in [0.2, 0.25) is 6.79 Å². The third kappa shape index (κ3) is 2.85. The van der Waals surface area contributed by atoms with Crippen molar-refractivity contribution >= 4 is 17.2 Å². The van der Waals surface area contributed by atoms with Crippen LogP contribution in [0.25, 0.3) is 10.4 Å². The molecule has 0 bridgehead atoms. The number of nitrogens with one attached hydrogen (secondary N) is 1. The van der Waals surface area contributed by atoms with E-state index in [9.17, 15) is 0 Å². The van der Waals surface area contributed by atoms with Crippen LogP contribution in [0.3, 0.4) is 0 Å². The molecule has 0 atom stereocenters. The number of thiophene rings is 1. The number of aromatic nitrogens is 2. The summed E-state index contributed by atoms with van der Waals surface area (Å²) in [6, 6.07) is 10.1. The number of benzene rings is 1. The van der Waals surface area contributed by atoms with Gasteiger partial charge in [0.25, 0.3) is 0 Å². The lowest BCUT2D eigenvalue weighted by molar-refractivity contribution is 0.174. The highest BCUT2D eigenvalue weighted by atomic mass is 32.1. The van der Waals surface area contributed by atoms with Crippen LogP contribution in [-0.2, 0) is 6.54 Å². The van der Waals surface area contributed by atoms with Gasteiger partial charge in [0.1, 0.15) is 11.6 Å². The van der Waals surface area contributed by atoms with Crippen LogP contribution in [0.15, 0.2) is 41.9 Å². The van der Waals surface area contributed by atoms with Gasteiger partial charge < -0.3 is 14.8 Å². The summed E-state index contributed by atoms with van der Waals surface area (Å²) in [6.45, 7) is 2.84. The summed E-state index contributed by atoms with van der Waals surface area (Å²) in [6.07, 6.45) is 1.87. The average molecular weight is 325 g/mol. The number of aryl methyl sites for hydroxylation is 1. The first-order valence-corrected chi connectivity index (χ1v) is 8.17. The molecule has 1 aliphatic rings. The van der Waals surface area contributed by atoms with Crippen LogP contribution < -0.4 is 14.8 Å². The maximum Gasteiger partial charge on any atom is 0.231 e. The predicted octanol–water partition coefficient (Wildman–Crippen LogP) is 3.85. The summed E-state index contributed by atoms with van der Waals surface area (Å²) >= 11 is 1.68. The first kappa shape index (κ1) is 14.0. The Labute approximate surface area is 137 Å². The Morgan fingerprint density at radius 1 is 1.22 bits per heavy atom. The smallest absolute Gasteiger partial charge is 0.231 e. The van der Waals surface area contributed by atoms with Crippen molar-refractivity contribution in [2.24, 2.45) is 0 Å². The molecule has 3 heterocycles. The Balaban J connectivity index is 1.58. The summed E-state index contributed by atoms with van der Waals surface area (Å²) in [5, 5.41) is 5.46. The molecule has 1 aromatic carbocycles. The van der Waals surface area contributed by atoms with Crippen LogP contribution in [0, 0.1) is 6.92 Å². The van der Waals surface area contributed by atoms with Gasteiger partial charge >= 0.3 is 0 Å². The first-order valence-electron chi connectivity index (χ1n) is 7.29. The molecule has 116 valence electrons. The quantitative estimate of drug-likeness (QED) is 0.789. The maximum atomic E-state index is 5.42. The lowest BCUT2D eigenvalue weighted by atomic mass is 10.2. The molecule has 0 fully saturated rings. The van der Waals surface area contributed by atoms with Gasteiger partial charge in [-0.3, -0.25) is 0 Å². The molecule has 0 amide bonds. The van der Waals surface area contributed by atoms with E-state index in [0.29, 0.717) is 13.3 Å². The minimum Gasteiger partial charge on any atom is -0.454 e. The Morgan fingerprint density at radius 3 is 3.00 bits per heavy atom. The molecular weight excluding hydrogens is 310 g/mol. The van der Waals surface area contributed by atoms with Gasteiger partial charge in [-0.1, -0.05) is 12.1 Å². The van der Waals surface area contributed by atoms with Crippen LogP contribution in [0.1, 0.15) is 11.4 Å². The SMILES string of the molecule is Cc1ncc(-c2cccs2)c(NCc2ccc3c(c2)OCO3)n1. The monoisotopic (exact) mass is 325 g/mol. The summed E-state index contributed by atoms with van der Waals surface area (Å²) in [7, 11) is 0. The number of rotatable bonds is 4. The van der Waals surface area contributed by atoms with Crippen molar-refractivity contribution in [3.05, 3.63) is 53.3 Å². The van der Waals surface area contributed by atoms with E-state index >= 15 is 0 Å². The second-order valence-corrected chi connectivity index (χ2v) is 6.15. The van der Waals surface area contributed by atoms with E-state index in [1.807, 2.05) is 37.4 Å². The van der Waals surface area contributed by atoms with E-state index in [2.05, 4.69) is 26.7 Å². The van der Waals surface area contributed by atoms with Gasteiger partial charge in [-0.2, -0.15) is 0 Å². The Bertz CT molecular complexity index is 834. The molecule has 1 N–H and O–H groups in total. The van der Waals surface area contributed by atoms with Crippen molar-refractivity contribution in [3.63, 3.8) is 0 Å². The fraction of sp³-hybridized carbons (Fsp3) is 0.176. The van der Waals surface area contributed by atoms with Crippen LogP contribution in [0.5, 0.6) is 11.5 Å². The molecule has 0 saturated heterocycles. The van der Waals surface area contributed by atoms with Crippen molar-refractivity contribution in [3.8, 4) is 21.9 Å². The molecule has 0 spiro atoms. The van der Waals surface area contributed by atoms with Gasteiger partial charge in [0.15, 0.2) is 11.5 Å². The number of hydrogen-bond donors (Lipinski definition) is 1. The molecule has 5 nitrogen and oxygen atoms in total. The van der Waals surface area contributed by atoms with E-state index in [0.717, 1.165) is 39.1 Å². The normalized spacial score (nSPS) is 12.4. The van der Waals surface area contributed by atoms with Gasteiger partial charge in [0.05, 0.1) is 5.56 Å². The second kappa shape index (κ2) is 5.89. The summed E-state index contributed by atoms with van der Waals surface area (Å²) < 4.78 is 10.8. The summed E-state index contributed by atoms with van der Waals surface area (Å²) in [4.78, 5) is 10.0. The summed E-state index contributed by atoms with van der Waals surface area (Å²) in [5.41, 5.74) is 2.13. The third-order valence-corrected chi connectivity index (χ3v) is 4.50. The predicted molar refractivity (Wildman–Crippen MR) is 90.0 cm³/mol. The molecule has 0 saturated carbocycles. The largest absolute Gasteiger partial charge is 0.454 e. The van der Waals surface area contributed by atoms with E-state index < -0.39 is 0 Å². The van der Waals surface area contributed by atoms with Crippen LogP contribution in [0.2, 0.25) is 0 Å². The zero-order valence-electron chi connectivity index (χ0n) is 12.6. The Morgan fingerprint density at radius 2 is 2.13 bits per heavy atom. The molecule has 2 aromatic heterocycles. The average Bonchev–Trinajstić information content (AvgIpc) is 3.24. The van der Waals surface area contributed by atoms with Crippen molar-refractivity contribution in [2.75, 3.05) is 12.1 Å². The molecular formula is C17H15N3O2S. The molecule has 6 heteroatoms. The van der Waals surface area contributed by atoms with Crippen molar-refractivity contribution < 1.29 is 9.47 Å². The molecule has 1 aliphatic heterocycles. The van der Waals surface area contributed by atoms with E-state index in [4.69, 9.17) is 9.47 Å². The van der Waals surface area contributed by atoms with Gasteiger partial charge in [-0.25, -0.2) is 9.97 Å². The lowest BCUT2D eigenvalue weighted by Crippen LogP contribution is -2.04. The Hall–Kier alpha value is -2.60. The minimum atomic E-state index is 0.292. The molecule has 0 radical (unpaired) electrons. The number of nitrogens with zero attached hydrogens (tertiary/aromatic N) is 2. The standard InChI is InChI=1S/C17H15N3O2S/c1-11-18-9-13(16-3-2-6-23-16)17(20-11)19-8-12-4-5-14-15(7-12)22-10-21-14/h2-7,9H,8,10H2,1H3,(H,18,19,20). The second-order valence-electron chi connectivity index (χ2n) is 5.20. The fourth-order valence-electron chi connectivity index (χ4n) is 2.45. The van der Waals surface area contributed by atoms with Crippen LogP contribution in [-0.4, -0.2) is 16.8 Å². The van der Waals surface area contributed by atoms with Crippen LogP contribution >= 0.6 is 11.3 Å². The fourth-order valence-corrected chi connectivity index (χ4v) is 3.19. The van der Waals surface area contributed by atoms with Gasteiger partial charge in [0, 0.05) is 17.6 Å². The van der Waals surface area contributed by atoms with Crippen molar-refractivity contribution in [2.45, 2.75) is 13.5 Å². The van der Waals surface area contributed by atoms with E-state index in [1.54, 1.807) is 11.3 Å². The molecule has 4 rings (SSSR count). The van der Waals surface area contributed by atoms with Crippen molar-refractivity contribution in [1.29, 1.82) is 0 Å². The first-order chi connectivity index (χ1) is 11.3. The highest BCUT2D eigenvalue weighted by molar-refractivity contribution is 7.13. The number of fused-ring (bicyclic) bond motifs is 1. The van der Waals surface area contributed by atoms with Gasteiger partial charge in [-0.15, -0.1) is 11.3 Å². The summed E-state index contributed by atoms with van der Waals surface area (Å²) in [5.74, 6) is 3.18. The molecule has 0 aliphatic carbocycles. The van der Waals surface area contributed by atoms with E-state index in [1.165, 1.54) is 0 Å². The highest BCUT2D eigenvalue weighted by Crippen LogP contribution is 2.33. The topological polar surface area (TPSA) is 56.3 Å². The Kier molecular flexibility index (Phi) is 3.59. The number of anilines is 1. The van der Waals surface area contributed by atoms with E-state index in [-0.39, 0.29) is 0 Å². The number of hydrogen-bond acceptors (Lipinski definition) is 6. The molecule has 0 unspecified atom stereocenters. The lowest BCUT2D eigenvalue weighted by Gasteiger charge is -2.11. The molecule has 3 aromatic rings. The van der Waals surface area contributed by atoms with Crippen LogP contribution in [0.4, 0.5) is 5.82 Å². The highest BCUT2D eigenvalue weighted by Gasteiger charge is 2.14. The zero-order chi connectivity index (χ0) is 15.6.